The van der Waals surface area contributed by atoms with E-state index in [4.69, 9.17) is 34.2 Å². The Morgan fingerprint density at radius 1 is 1.50 bits per heavy atom. The lowest BCUT2D eigenvalue weighted by Gasteiger charge is -2.16. The number of anilines is 1. The molecule has 0 aliphatic carbocycles. The van der Waals surface area contributed by atoms with Gasteiger partial charge in [0.1, 0.15) is 0 Å². The summed E-state index contributed by atoms with van der Waals surface area (Å²) in [5, 5.41) is 12.7. The molecule has 4 N–H and O–H groups in total. The highest BCUT2D eigenvalue weighted by molar-refractivity contribution is 6.36. The van der Waals surface area contributed by atoms with Crippen LogP contribution in [0.1, 0.15) is 0 Å². The van der Waals surface area contributed by atoms with Crippen molar-refractivity contribution in [2.75, 3.05) is 18.5 Å². The molecule has 5 nitrogen and oxygen atoms in total. The zero-order chi connectivity index (χ0) is 12.1. The monoisotopic (exact) mass is 263 g/mol. The Labute approximate surface area is 103 Å². The fourth-order valence-corrected chi connectivity index (χ4v) is 1.44. The number of carbonyl (C=O) groups excluding carboxylic acids is 1. The number of amides is 2. The number of rotatable bonds is 3. The van der Waals surface area contributed by atoms with Crippen molar-refractivity contribution in [1.82, 2.24) is 5.01 Å². The third-order valence-corrected chi connectivity index (χ3v) is 2.32. The molecule has 0 radical (unpaired) electrons. The maximum absolute atomic E-state index is 11.4. The second-order valence-corrected chi connectivity index (χ2v) is 3.81. The average molecular weight is 264 g/mol. The van der Waals surface area contributed by atoms with Gasteiger partial charge in [-0.25, -0.2) is 10.6 Å². The first-order valence-corrected chi connectivity index (χ1v) is 5.19. The summed E-state index contributed by atoms with van der Waals surface area (Å²) in [7, 11) is 0. The van der Waals surface area contributed by atoms with E-state index >= 15 is 0 Å². The van der Waals surface area contributed by atoms with Gasteiger partial charge in [0, 0.05) is 5.02 Å². The van der Waals surface area contributed by atoms with Crippen LogP contribution in [0, 0.1) is 0 Å². The summed E-state index contributed by atoms with van der Waals surface area (Å²) in [6.45, 7) is -0.171. The van der Waals surface area contributed by atoms with Gasteiger partial charge in [0.25, 0.3) is 0 Å². The smallest absolute Gasteiger partial charge is 0.336 e. The van der Waals surface area contributed by atoms with Crippen molar-refractivity contribution < 1.29 is 9.90 Å². The van der Waals surface area contributed by atoms with E-state index in [1.807, 2.05) is 0 Å². The molecular formula is C9H11Cl2N3O2. The SMILES string of the molecule is NN(CCO)C(=O)Nc1ccc(Cl)cc1Cl. The summed E-state index contributed by atoms with van der Waals surface area (Å²) in [5.41, 5.74) is 0.407. The van der Waals surface area contributed by atoms with Gasteiger partial charge in [-0.1, -0.05) is 23.2 Å². The van der Waals surface area contributed by atoms with Gasteiger partial charge in [-0.15, -0.1) is 0 Å². The summed E-state index contributed by atoms with van der Waals surface area (Å²) in [6.07, 6.45) is 0. The highest BCUT2D eigenvalue weighted by Gasteiger charge is 2.10. The molecule has 1 aromatic carbocycles. The van der Waals surface area contributed by atoms with Gasteiger partial charge in [-0.3, -0.25) is 5.01 Å². The number of hydrogen-bond acceptors (Lipinski definition) is 3. The summed E-state index contributed by atoms with van der Waals surface area (Å²) in [4.78, 5) is 11.4. The Hall–Kier alpha value is -1.01. The molecule has 0 heterocycles. The van der Waals surface area contributed by atoms with Crippen molar-refractivity contribution >= 4 is 34.9 Å². The van der Waals surface area contributed by atoms with E-state index < -0.39 is 6.03 Å². The molecule has 7 heteroatoms. The van der Waals surface area contributed by atoms with Crippen LogP contribution >= 0.6 is 23.2 Å². The molecule has 0 saturated heterocycles. The second kappa shape index (κ2) is 5.91. The first-order chi connectivity index (χ1) is 7.54. The lowest BCUT2D eigenvalue weighted by atomic mass is 10.3. The second-order valence-electron chi connectivity index (χ2n) is 2.97. The topological polar surface area (TPSA) is 78.6 Å². The normalized spacial score (nSPS) is 10.0. The van der Waals surface area contributed by atoms with Crippen molar-refractivity contribution in [2.45, 2.75) is 0 Å². The van der Waals surface area contributed by atoms with Crippen LogP contribution in [0.4, 0.5) is 10.5 Å². The number of urea groups is 1. The van der Waals surface area contributed by atoms with Gasteiger partial charge in [0.05, 0.1) is 23.9 Å². The molecule has 0 spiro atoms. The molecule has 1 rings (SSSR count). The number of nitrogens with zero attached hydrogens (tertiary/aromatic N) is 1. The summed E-state index contributed by atoms with van der Waals surface area (Å²) in [6, 6.07) is 4.11. The van der Waals surface area contributed by atoms with Crippen molar-refractivity contribution in [3.63, 3.8) is 0 Å². The minimum atomic E-state index is -0.557. The highest BCUT2D eigenvalue weighted by atomic mass is 35.5. The number of halogens is 2. The third kappa shape index (κ3) is 3.53. The fourth-order valence-electron chi connectivity index (χ4n) is 0.987. The Balaban J connectivity index is 2.69. The Morgan fingerprint density at radius 2 is 2.19 bits per heavy atom. The van der Waals surface area contributed by atoms with E-state index in [0.29, 0.717) is 15.7 Å². The number of carbonyl (C=O) groups is 1. The van der Waals surface area contributed by atoms with Crippen molar-refractivity contribution in [1.29, 1.82) is 0 Å². The predicted molar refractivity (Wildman–Crippen MR) is 63.5 cm³/mol. The van der Waals surface area contributed by atoms with Crippen LogP contribution in [0.3, 0.4) is 0 Å². The molecule has 0 saturated carbocycles. The standard InChI is InChI=1S/C9H11Cl2N3O2/c10-6-1-2-8(7(11)5-6)13-9(16)14(12)3-4-15/h1-2,5,15H,3-4,12H2,(H,13,16). The number of hydrogen-bond donors (Lipinski definition) is 3. The molecule has 16 heavy (non-hydrogen) atoms. The minimum Gasteiger partial charge on any atom is -0.394 e. The third-order valence-electron chi connectivity index (χ3n) is 1.77. The Bertz CT molecular complexity index is 387. The van der Waals surface area contributed by atoms with Gasteiger partial charge in [-0.05, 0) is 18.2 Å². The molecule has 0 fully saturated rings. The van der Waals surface area contributed by atoms with E-state index in [0.717, 1.165) is 5.01 Å². The fraction of sp³-hybridized carbons (Fsp3) is 0.222. The quantitative estimate of drug-likeness (QED) is 0.441. The Kier molecular flexibility index (Phi) is 4.82. The van der Waals surface area contributed by atoms with Crippen LogP contribution in [0.5, 0.6) is 0 Å². The van der Waals surface area contributed by atoms with E-state index in [1.165, 1.54) is 6.07 Å². The van der Waals surface area contributed by atoms with E-state index in [1.54, 1.807) is 12.1 Å². The van der Waals surface area contributed by atoms with Crippen molar-refractivity contribution in [3.8, 4) is 0 Å². The molecule has 0 bridgehead atoms. The number of benzene rings is 1. The van der Waals surface area contributed by atoms with Gasteiger partial charge in [0.15, 0.2) is 0 Å². The Morgan fingerprint density at radius 3 is 2.75 bits per heavy atom. The minimum absolute atomic E-state index is 0.0387. The summed E-state index contributed by atoms with van der Waals surface area (Å²) >= 11 is 11.5. The van der Waals surface area contributed by atoms with E-state index in [-0.39, 0.29) is 13.2 Å². The predicted octanol–water partition coefficient (Wildman–Crippen LogP) is 1.69. The largest absolute Gasteiger partial charge is 0.394 e. The first-order valence-electron chi connectivity index (χ1n) is 4.43. The van der Waals surface area contributed by atoms with E-state index in [2.05, 4.69) is 5.32 Å². The van der Waals surface area contributed by atoms with Gasteiger partial charge in [0.2, 0.25) is 0 Å². The van der Waals surface area contributed by atoms with Crippen molar-refractivity contribution in [2.24, 2.45) is 5.84 Å². The average Bonchev–Trinajstić information content (AvgIpc) is 2.22. The molecule has 88 valence electrons. The maximum Gasteiger partial charge on any atom is 0.336 e. The van der Waals surface area contributed by atoms with Gasteiger partial charge < -0.3 is 10.4 Å². The molecule has 1 aromatic rings. The van der Waals surface area contributed by atoms with Crippen molar-refractivity contribution in [3.05, 3.63) is 28.2 Å². The van der Waals surface area contributed by atoms with Crippen LogP contribution in [0.2, 0.25) is 10.0 Å². The van der Waals surface area contributed by atoms with Crippen LogP contribution in [0.25, 0.3) is 0 Å². The van der Waals surface area contributed by atoms with E-state index in [9.17, 15) is 4.79 Å². The highest BCUT2D eigenvalue weighted by Crippen LogP contribution is 2.25. The lowest BCUT2D eigenvalue weighted by molar-refractivity contribution is 0.190. The van der Waals surface area contributed by atoms with Crippen LogP contribution < -0.4 is 11.2 Å². The van der Waals surface area contributed by atoms with Gasteiger partial charge >= 0.3 is 6.03 Å². The first kappa shape index (κ1) is 13.1. The maximum atomic E-state index is 11.4. The zero-order valence-electron chi connectivity index (χ0n) is 8.28. The number of nitrogens with two attached hydrogens (primary N) is 1. The van der Waals surface area contributed by atoms with Crippen LogP contribution in [-0.4, -0.2) is 29.3 Å². The number of aliphatic hydroxyl groups excluding tert-OH is 1. The molecule has 2 amide bonds. The van der Waals surface area contributed by atoms with Crippen LogP contribution in [-0.2, 0) is 0 Å². The molecule has 0 aliphatic heterocycles. The molecular weight excluding hydrogens is 253 g/mol. The summed E-state index contributed by atoms with van der Waals surface area (Å²) < 4.78 is 0. The lowest BCUT2D eigenvalue weighted by Crippen LogP contribution is -2.42. The number of hydrazine groups is 1. The van der Waals surface area contributed by atoms with Crippen LogP contribution in [0.15, 0.2) is 18.2 Å². The molecule has 0 aliphatic rings. The summed E-state index contributed by atoms with van der Waals surface area (Å²) in [5.74, 6) is 5.35. The number of nitrogens with one attached hydrogen (secondary N) is 1. The van der Waals surface area contributed by atoms with Gasteiger partial charge in [-0.2, -0.15) is 0 Å². The number of aliphatic hydroxyl groups is 1. The zero-order valence-corrected chi connectivity index (χ0v) is 9.79. The molecule has 0 unspecified atom stereocenters. The molecule has 0 aromatic heterocycles. The molecule has 0 atom stereocenters.